The quantitative estimate of drug-likeness (QED) is 0.759. The van der Waals surface area contributed by atoms with E-state index in [1.54, 1.807) is 23.1 Å². The number of methoxy groups -OCH3 is 1. The Labute approximate surface area is 106 Å². The lowest BCUT2D eigenvalue weighted by atomic mass is 9.98. The topological polar surface area (TPSA) is 73.2 Å². The minimum Gasteiger partial charge on any atom is -0.469 e. The van der Waals surface area contributed by atoms with Gasteiger partial charge in [0.25, 0.3) is 0 Å². The maximum Gasteiger partial charge on any atom is 0.305 e. The molecule has 0 fully saturated rings. The van der Waals surface area contributed by atoms with Crippen molar-refractivity contribution in [1.82, 2.24) is 15.1 Å². The number of nitrogens with zero attached hydrogens (tertiary/aromatic N) is 2. The molecule has 6 heteroatoms. The summed E-state index contributed by atoms with van der Waals surface area (Å²) in [6.07, 6.45) is 4.16. The van der Waals surface area contributed by atoms with E-state index < -0.39 is 5.54 Å². The summed E-state index contributed by atoms with van der Waals surface area (Å²) in [6, 6.07) is 1.76. The molecule has 0 unspecified atom stereocenters. The van der Waals surface area contributed by atoms with Crippen LogP contribution in [-0.2, 0) is 20.9 Å². The minimum atomic E-state index is -0.446. The summed E-state index contributed by atoms with van der Waals surface area (Å²) in [6.45, 7) is 3.92. The SMILES string of the molecule is COC(=O)CCC(C)(C)NC(=O)Cn1cccn1. The van der Waals surface area contributed by atoms with E-state index in [1.165, 1.54) is 7.11 Å². The van der Waals surface area contributed by atoms with Crippen LogP contribution in [0.5, 0.6) is 0 Å². The van der Waals surface area contributed by atoms with Crippen molar-refractivity contribution < 1.29 is 14.3 Å². The van der Waals surface area contributed by atoms with E-state index in [-0.39, 0.29) is 24.8 Å². The van der Waals surface area contributed by atoms with Crippen LogP contribution >= 0.6 is 0 Å². The molecule has 0 saturated heterocycles. The predicted molar refractivity (Wildman–Crippen MR) is 65.7 cm³/mol. The van der Waals surface area contributed by atoms with Crippen molar-refractivity contribution in [3.05, 3.63) is 18.5 Å². The zero-order valence-electron chi connectivity index (χ0n) is 11.0. The second-order valence-corrected chi connectivity index (χ2v) is 4.71. The molecule has 1 N–H and O–H groups in total. The number of hydrogen-bond donors (Lipinski definition) is 1. The highest BCUT2D eigenvalue weighted by Crippen LogP contribution is 2.11. The van der Waals surface area contributed by atoms with Gasteiger partial charge in [-0.3, -0.25) is 14.3 Å². The van der Waals surface area contributed by atoms with Gasteiger partial charge in [0.1, 0.15) is 6.54 Å². The maximum atomic E-state index is 11.8. The summed E-state index contributed by atoms with van der Waals surface area (Å²) < 4.78 is 6.12. The van der Waals surface area contributed by atoms with Gasteiger partial charge in [-0.05, 0) is 26.3 Å². The molecule has 0 radical (unpaired) electrons. The highest BCUT2D eigenvalue weighted by molar-refractivity contribution is 5.76. The fourth-order valence-electron chi connectivity index (χ4n) is 1.54. The Balaban J connectivity index is 2.39. The van der Waals surface area contributed by atoms with E-state index in [0.29, 0.717) is 6.42 Å². The summed E-state index contributed by atoms with van der Waals surface area (Å²) in [4.78, 5) is 22.8. The van der Waals surface area contributed by atoms with Crippen LogP contribution in [0, 0.1) is 0 Å². The summed E-state index contributed by atoms with van der Waals surface area (Å²) in [7, 11) is 1.35. The van der Waals surface area contributed by atoms with E-state index in [4.69, 9.17) is 0 Å². The lowest BCUT2D eigenvalue weighted by Gasteiger charge is -2.25. The number of carbonyl (C=O) groups excluding carboxylic acids is 2. The first-order valence-electron chi connectivity index (χ1n) is 5.78. The zero-order valence-corrected chi connectivity index (χ0v) is 11.0. The Bertz CT molecular complexity index is 399. The van der Waals surface area contributed by atoms with Crippen LogP contribution in [0.15, 0.2) is 18.5 Å². The van der Waals surface area contributed by atoms with Gasteiger partial charge in [-0.1, -0.05) is 0 Å². The average molecular weight is 253 g/mol. The van der Waals surface area contributed by atoms with Gasteiger partial charge in [0.2, 0.25) is 5.91 Å². The van der Waals surface area contributed by atoms with Crippen LogP contribution in [0.3, 0.4) is 0 Å². The van der Waals surface area contributed by atoms with Gasteiger partial charge >= 0.3 is 5.97 Å². The Kier molecular flexibility index (Phi) is 4.88. The number of esters is 1. The fourth-order valence-corrected chi connectivity index (χ4v) is 1.54. The van der Waals surface area contributed by atoms with Crippen LogP contribution in [0.2, 0.25) is 0 Å². The van der Waals surface area contributed by atoms with Crippen molar-refractivity contribution in [1.29, 1.82) is 0 Å². The molecule has 0 aliphatic heterocycles. The van der Waals surface area contributed by atoms with Gasteiger partial charge in [0.15, 0.2) is 0 Å². The number of ether oxygens (including phenoxy) is 1. The summed E-state index contributed by atoms with van der Waals surface area (Å²) in [5.74, 6) is -0.405. The van der Waals surface area contributed by atoms with E-state index in [1.807, 2.05) is 13.8 Å². The minimum absolute atomic E-state index is 0.131. The monoisotopic (exact) mass is 253 g/mol. The maximum absolute atomic E-state index is 11.8. The Morgan fingerprint density at radius 3 is 2.72 bits per heavy atom. The molecule has 1 rings (SSSR count). The van der Waals surface area contributed by atoms with Crippen LogP contribution in [0.4, 0.5) is 0 Å². The van der Waals surface area contributed by atoms with Crippen LogP contribution in [0.1, 0.15) is 26.7 Å². The van der Waals surface area contributed by atoms with Gasteiger partial charge in [0.05, 0.1) is 7.11 Å². The van der Waals surface area contributed by atoms with Gasteiger partial charge in [-0.15, -0.1) is 0 Å². The van der Waals surface area contributed by atoms with Gasteiger partial charge < -0.3 is 10.1 Å². The summed E-state index contributed by atoms with van der Waals surface area (Å²) >= 11 is 0. The van der Waals surface area contributed by atoms with E-state index in [2.05, 4.69) is 15.2 Å². The Hall–Kier alpha value is -1.85. The largest absolute Gasteiger partial charge is 0.469 e. The molecule has 18 heavy (non-hydrogen) atoms. The highest BCUT2D eigenvalue weighted by Gasteiger charge is 2.21. The molecule has 0 saturated carbocycles. The molecule has 0 atom stereocenters. The second-order valence-electron chi connectivity index (χ2n) is 4.71. The molecule has 1 heterocycles. The van der Waals surface area contributed by atoms with Crippen LogP contribution < -0.4 is 5.32 Å². The van der Waals surface area contributed by atoms with Crippen molar-refractivity contribution in [2.45, 2.75) is 38.8 Å². The van der Waals surface area contributed by atoms with Crippen molar-refractivity contribution >= 4 is 11.9 Å². The van der Waals surface area contributed by atoms with Crippen LogP contribution in [-0.4, -0.2) is 34.3 Å². The molecule has 1 aromatic rings. The Morgan fingerprint density at radius 1 is 1.44 bits per heavy atom. The normalized spacial score (nSPS) is 11.1. The van der Waals surface area contributed by atoms with Crippen molar-refractivity contribution in [3.8, 4) is 0 Å². The third-order valence-electron chi connectivity index (χ3n) is 2.52. The molecular weight excluding hydrogens is 234 g/mol. The van der Waals surface area contributed by atoms with Crippen LogP contribution in [0.25, 0.3) is 0 Å². The van der Waals surface area contributed by atoms with E-state index in [9.17, 15) is 9.59 Å². The zero-order chi connectivity index (χ0) is 13.6. The predicted octanol–water partition coefficient (Wildman–Crippen LogP) is 0.731. The fraction of sp³-hybridized carbons (Fsp3) is 0.583. The highest BCUT2D eigenvalue weighted by atomic mass is 16.5. The number of rotatable bonds is 6. The van der Waals surface area contributed by atoms with Crippen molar-refractivity contribution in [3.63, 3.8) is 0 Å². The Morgan fingerprint density at radius 2 is 2.17 bits per heavy atom. The third kappa shape index (κ3) is 4.99. The standard InChI is InChI=1S/C12H19N3O3/c1-12(2,6-5-11(17)18-3)14-10(16)9-15-8-4-7-13-15/h4,7-8H,5-6,9H2,1-3H3,(H,14,16). The molecule has 100 valence electrons. The molecule has 0 bridgehead atoms. The second kappa shape index (κ2) is 6.18. The smallest absolute Gasteiger partial charge is 0.305 e. The van der Waals surface area contributed by atoms with Crippen molar-refractivity contribution in [2.75, 3.05) is 7.11 Å². The lowest BCUT2D eigenvalue weighted by molar-refractivity contribution is -0.141. The molecule has 1 aromatic heterocycles. The molecule has 0 aliphatic carbocycles. The average Bonchev–Trinajstić information content (AvgIpc) is 2.77. The number of carbonyl (C=O) groups is 2. The van der Waals surface area contributed by atoms with Gasteiger partial charge in [-0.2, -0.15) is 5.10 Å². The number of hydrogen-bond acceptors (Lipinski definition) is 4. The number of aromatic nitrogens is 2. The lowest BCUT2D eigenvalue weighted by Crippen LogP contribution is -2.45. The van der Waals surface area contributed by atoms with Gasteiger partial charge in [0, 0.05) is 24.4 Å². The first kappa shape index (κ1) is 14.2. The van der Waals surface area contributed by atoms with Gasteiger partial charge in [-0.25, -0.2) is 0 Å². The van der Waals surface area contributed by atoms with E-state index in [0.717, 1.165) is 0 Å². The number of amides is 1. The molecule has 0 spiro atoms. The number of nitrogens with one attached hydrogen (secondary N) is 1. The molecule has 0 aromatic carbocycles. The molecule has 1 amide bonds. The molecular formula is C12H19N3O3. The molecule has 0 aliphatic rings. The third-order valence-corrected chi connectivity index (χ3v) is 2.52. The summed E-state index contributed by atoms with van der Waals surface area (Å²) in [5, 5.41) is 6.82. The van der Waals surface area contributed by atoms with E-state index >= 15 is 0 Å². The summed E-state index contributed by atoms with van der Waals surface area (Å²) in [5.41, 5.74) is -0.446. The van der Waals surface area contributed by atoms with Crippen molar-refractivity contribution in [2.24, 2.45) is 0 Å². The molecule has 6 nitrogen and oxygen atoms in total. The first-order valence-corrected chi connectivity index (χ1v) is 5.78. The first-order chi connectivity index (χ1) is 8.43.